The van der Waals surface area contributed by atoms with Gasteiger partial charge in [0.2, 0.25) is 0 Å². The van der Waals surface area contributed by atoms with E-state index in [4.69, 9.17) is 4.74 Å². The molecular weight excluding hydrogens is 486 g/mol. The third kappa shape index (κ3) is 13.4. The monoisotopic (exact) mass is 535 g/mol. The van der Waals surface area contributed by atoms with E-state index in [2.05, 4.69) is 24.2 Å². The minimum atomic E-state index is -1.10. The van der Waals surface area contributed by atoms with Gasteiger partial charge in [-0.25, -0.2) is 0 Å². The Kier molecular flexibility index (Phi) is 17.3. The summed E-state index contributed by atoms with van der Waals surface area (Å²) in [6.45, 7) is 17.2. The zero-order valence-electron chi connectivity index (χ0n) is 24.4. The van der Waals surface area contributed by atoms with E-state index in [1.165, 1.54) is 5.71 Å². The molecule has 210 valence electrons. The summed E-state index contributed by atoms with van der Waals surface area (Å²) < 4.78 is 5.05. The number of aliphatic hydroxyl groups excluding tert-OH is 1. The quantitative estimate of drug-likeness (QED) is 0.368. The number of ether oxygens (including phenoxy) is 1. The van der Waals surface area contributed by atoms with Crippen LogP contribution in [0.2, 0.25) is 0 Å². The van der Waals surface area contributed by atoms with Crippen LogP contribution in [0.3, 0.4) is 0 Å². The van der Waals surface area contributed by atoms with Crippen LogP contribution < -0.4 is 0 Å². The molecule has 0 amide bonds. The van der Waals surface area contributed by atoms with Gasteiger partial charge < -0.3 is 9.84 Å². The minimum Gasteiger partial charge on any atom is -0.465 e. The summed E-state index contributed by atoms with van der Waals surface area (Å²) in [6, 6.07) is 0. The third-order valence-corrected chi connectivity index (χ3v) is 7.32. The van der Waals surface area contributed by atoms with E-state index in [9.17, 15) is 19.5 Å². The number of carbonyl (C=O) groups is 3. The van der Waals surface area contributed by atoms with Crippen molar-refractivity contribution in [1.29, 1.82) is 0 Å². The Morgan fingerprint density at radius 3 is 2.41 bits per heavy atom. The SMILES string of the molecule is C/C1=C\CCC(C)CC(C)C(=O)C(C)(C)C(O)CC(=O)OCCC1=O.C/C=C\C1=CSCC(C)=N1.CC. The van der Waals surface area contributed by atoms with Crippen molar-refractivity contribution in [1.82, 2.24) is 0 Å². The van der Waals surface area contributed by atoms with Gasteiger partial charge in [0.1, 0.15) is 5.78 Å². The molecule has 0 spiro atoms. The van der Waals surface area contributed by atoms with Gasteiger partial charge in [-0.05, 0) is 63.0 Å². The molecule has 0 saturated carbocycles. The van der Waals surface area contributed by atoms with Crippen molar-refractivity contribution in [2.45, 2.75) is 101 Å². The van der Waals surface area contributed by atoms with Crippen LogP contribution in [0.1, 0.15) is 94.4 Å². The van der Waals surface area contributed by atoms with E-state index in [1.54, 1.807) is 32.5 Å². The molecule has 2 rings (SSSR count). The molecule has 2 heterocycles. The van der Waals surface area contributed by atoms with Gasteiger partial charge in [-0.15, -0.1) is 11.8 Å². The average Bonchev–Trinajstić information content (AvgIpc) is 2.84. The van der Waals surface area contributed by atoms with Gasteiger partial charge in [-0.3, -0.25) is 19.4 Å². The predicted octanol–water partition coefficient (Wildman–Crippen LogP) is 6.88. The predicted molar refractivity (Wildman–Crippen MR) is 156 cm³/mol. The Morgan fingerprint density at radius 1 is 1.16 bits per heavy atom. The summed E-state index contributed by atoms with van der Waals surface area (Å²) in [5, 5.41) is 12.5. The van der Waals surface area contributed by atoms with E-state index in [0.29, 0.717) is 11.5 Å². The number of thioether (sulfide) groups is 1. The number of esters is 1. The van der Waals surface area contributed by atoms with E-state index in [0.717, 1.165) is 30.7 Å². The van der Waals surface area contributed by atoms with Gasteiger partial charge >= 0.3 is 5.97 Å². The largest absolute Gasteiger partial charge is 0.465 e. The third-order valence-electron chi connectivity index (χ3n) is 6.33. The number of rotatable bonds is 1. The van der Waals surface area contributed by atoms with Crippen LogP contribution in [0, 0.1) is 17.3 Å². The molecule has 0 bridgehead atoms. The molecule has 1 N–H and O–H groups in total. The number of Topliss-reactive ketones (excluding diaryl/α,β-unsaturated/α-hetero) is 2. The molecule has 0 radical (unpaired) electrons. The van der Waals surface area contributed by atoms with Crippen molar-refractivity contribution in [3.63, 3.8) is 0 Å². The fraction of sp³-hybridized carbons (Fsp3) is 0.667. The summed E-state index contributed by atoms with van der Waals surface area (Å²) in [6.07, 6.45) is 7.15. The van der Waals surface area contributed by atoms with Gasteiger partial charge in [-0.1, -0.05) is 53.7 Å². The zero-order chi connectivity index (χ0) is 28.6. The number of aliphatic hydroxyl groups is 1. The molecule has 0 aliphatic carbocycles. The van der Waals surface area contributed by atoms with Crippen molar-refractivity contribution in [3.05, 3.63) is 34.9 Å². The molecule has 3 unspecified atom stereocenters. The Labute approximate surface area is 229 Å². The molecule has 3 atom stereocenters. The summed E-state index contributed by atoms with van der Waals surface area (Å²) in [7, 11) is 0. The van der Waals surface area contributed by atoms with E-state index in [-0.39, 0.29) is 36.9 Å². The molecule has 0 fully saturated rings. The molecule has 7 heteroatoms. The fourth-order valence-electron chi connectivity index (χ4n) is 4.03. The van der Waals surface area contributed by atoms with Crippen molar-refractivity contribution >= 4 is 35.0 Å². The van der Waals surface area contributed by atoms with E-state index in [1.807, 2.05) is 45.9 Å². The van der Waals surface area contributed by atoms with Crippen LogP contribution >= 0.6 is 11.8 Å². The van der Waals surface area contributed by atoms with E-state index < -0.39 is 17.5 Å². The van der Waals surface area contributed by atoms with Crippen molar-refractivity contribution < 1.29 is 24.2 Å². The van der Waals surface area contributed by atoms with Gasteiger partial charge in [0.15, 0.2) is 5.78 Å². The standard InChI is InChI=1S/C20H32O5.C8H11NS.C2H6/c1-13-7-6-8-14(2)16(21)9-10-25-18(23)12-17(22)20(4,5)19(24)15(3)11-13;1-3-4-8-6-10-5-7(2)9-8;1-2/h8,13,15,17,22H,6-7,9-12H2,1-5H3;3-4,6H,5H2,1-2H3;1-2H3/b14-8+;4-3-;. The lowest BCUT2D eigenvalue weighted by Crippen LogP contribution is -2.42. The van der Waals surface area contributed by atoms with Gasteiger partial charge in [0, 0.05) is 23.8 Å². The normalized spacial score (nSPS) is 27.4. The number of cyclic esters (lactones) is 1. The van der Waals surface area contributed by atoms with Crippen molar-refractivity contribution in [3.8, 4) is 0 Å². The molecule has 2 aliphatic heterocycles. The molecule has 0 saturated heterocycles. The lowest BCUT2D eigenvalue weighted by atomic mass is 9.74. The first-order valence-electron chi connectivity index (χ1n) is 13.4. The first kappa shape index (κ1) is 35.0. The lowest BCUT2D eigenvalue weighted by molar-refractivity contribution is -0.150. The van der Waals surface area contributed by atoms with Crippen molar-refractivity contribution in [2.24, 2.45) is 22.2 Å². The number of nitrogens with zero attached hydrogens (tertiary/aromatic N) is 1. The summed E-state index contributed by atoms with van der Waals surface area (Å²) in [5.74, 6) is 0.530. The maximum atomic E-state index is 12.7. The van der Waals surface area contributed by atoms with Crippen LogP contribution in [0.25, 0.3) is 0 Å². The van der Waals surface area contributed by atoms with Crippen molar-refractivity contribution in [2.75, 3.05) is 12.4 Å². The topological polar surface area (TPSA) is 93.0 Å². The number of carbonyl (C=O) groups excluding carboxylic acids is 3. The molecule has 37 heavy (non-hydrogen) atoms. The van der Waals surface area contributed by atoms with Crippen LogP contribution in [-0.4, -0.2) is 46.8 Å². The molecule has 0 aromatic heterocycles. The molecule has 0 aromatic rings. The number of hydrogen-bond donors (Lipinski definition) is 1. The second-order valence-corrected chi connectivity index (χ2v) is 11.0. The highest BCUT2D eigenvalue weighted by atomic mass is 32.2. The summed E-state index contributed by atoms with van der Waals surface area (Å²) in [4.78, 5) is 41.0. The second-order valence-electron chi connectivity index (χ2n) is 10.1. The number of ketones is 2. The Morgan fingerprint density at radius 2 is 1.81 bits per heavy atom. The van der Waals surface area contributed by atoms with Crippen LogP contribution in [0.5, 0.6) is 0 Å². The first-order valence-corrected chi connectivity index (χ1v) is 14.5. The van der Waals surface area contributed by atoms with E-state index >= 15 is 0 Å². The van der Waals surface area contributed by atoms with Crippen LogP contribution in [0.15, 0.2) is 39.9 Å². The van der Waals surface area contributed by atoms with Gasteiger partial charge in [0.05, 0.1) is 30.2 Å². The molecule has 2 aliphatic rings. The average molecular weight is 536 g/mol. The fourth-order valence-corrected chi connectivity index (χ4v) is 4.72. The number of allylic oxidation sites excluding steroid dienone is 4. The first-order chi connectivity index (χ1) is 17.4. The smallest absolute Gasteiger partial charge is 0.308 e. The highest BCUT2D eigenvalue weighted by Crippen LogP contribution is 2.31. The number of aliphatic imine (C=N–C) groups is 1. The summed E-state index contributed by atoms with van der Waals surface area (Å²) in [5.41, 5.74) is 1.96. The molecular formula is C30H49NO5S. The highest BCUT2D eigenvalue weighted by Gasteiger charge is 2.39. The maximum Gasteiger partial charge on any atom is 0.308 e. The minimum absolute atomic E-state index is 0.00323. The maximum absolute atomic E-state index is 12.7. The Bertz CT molecular complexity index is 869. The Hall–Kier alpha value is -1.99. The van der Waals surface area contributed by atoms with Crippen LogP contribution in [-0.2, 0) is 19.1 Å². The van der Waals surface area contributed by atoms with Gasteiger partial charge in [0.25, 0.3) is 0 Å². The summed E-state index contributed by atoms with van der Waals surface area (Å²) >= 11 is 1.81. The molecule has 0 aromatic carbocycles. The lowest BCUT2D eigenvalue weighted by Gasteiger charge is -2.32. The zero-order valence-corrected chi connectivity index (χ0v) is 25.2. The van der Waals surface area contributed by atoms with Crippen LogP contribution in [0.4, 0.5) is 0 Å². The molecule has 6 nitrogen and oxygen atoms in total. The van der Waals surface area contributed by atoms with Gasteiger partial charge in [-0.2, -0.15) is 0 Å². The number of hydrogen-bond acceptors (Lipinski definition) is 7. The highest BCUT2D eigenvalue weighted by molar-refractivity contribution is 8.02. The second kappa shape index (κ2) is 18.3. The Balaban J connectivity index is 0.000000894.